The average molecular weight is 279 g/mol. The van der Waals surface area contributed by atoms with Crippen molar-refractivity contribution in [1.82, 2.24) is 0 Å². The summed E-state index contributed by atoms with van der Waals surface area (Å²) in [7, 11) is 0. The molecule has 3 rings (SSSR count). The second-order valence-electron chi connectivity index (χ2n) is 5.36. The van der Waals surface area contributed by atoms with Gasteiger partial charge in [0.25, 0.3) is 5.69 Å². The zero-order valence-corrected chi connectivity index (χ0v) is 11.1. The Bertz CT molecular complexity index is 525. The Kier molecular flexibility index (Phi) is 3.48. The average Bonchev–Trinajstić information content (AvgIpc) is 2.93. The number of benzene rings is 1. The molecule has 1 heterocycles. The normalized spacial score (nSPS) is 19.9. The molecule has 1 unspecified atom stereocenters. The van der Waals surface area contributed by atoms with Crippen LogP contribution in [0.1, 0.15) is 43.8 Å². The summed E-state index contributed by atoms with van der Waals surface area (Å²) < 4.78 is 10.4. The van der Waals surface area contributed by atoms with Gasteiger partial charge in [-0.2, -0.15) is 0 Å². The van der Waals surface area contributed by atoms with E-state index in [0.717, 1.165) is 25.7 Å². The first kappa shape index (κ1) is 13.2. The molecule has 1 fully saturated rings. The zero-order chi connectivity index (χ0) is 14.1. The summed E-state index contributed by atoms with van der Waals surface area (Å²) in [6, 6.07) is 2.91. The fourth-order valence-corrected chi connectivity index (χ4v) is 3.05. The topological polar surface area (TPSA) is 81.8 Å². The Balaban J connectivity index is 1.96. The lowest BCUT2D eigenvalue weighted by atomic mass is 9.82. The van der Waals surface area contributed by atoms with Gasteiger partial charge in [0.15, 0.2) is 11.5 Å². The Labute approximate surface area is 116 Å². The van der Waals surface area contributed by atoms with E-state index < -0.39 is 11.0 Å². The van der Waals surface area contributed by atoms with Gasteiger partial charge < -0.3 is 14.6 Å². The maximum absolute atomic E-state index is 11.2. The highest BCUT2D eigenvalue weighted by molar-refractivity contribution is 5.56. The second-order valence-corrected chi connectivity index (χ2v) is 5.36. The van der Waals surface area contributed by atoms with Crippen LogP contribution in [0.4, 0.5) is 5.69 Å². The number of nitro groups is 1. The van der Waals surface area contributed by atoms with Crippen molar-refractivity contribution in [1.29, 1.82) is 0 Å². The van der Waals surface area contributed by atoms with Crippen LogP contribution in [0.2, 0.25) is 0 Å². The van der Waals surface area contributed by atoms with E-state index in [2.05, 4.69) is 0 Å². The number of aliphatic hydroxyl groups excluding tert-OH is 1. The van der Waals surface area contributed by atoms with Crippen molar-refractivity contribution in [3.63, 3.8) is 0 Å². The highest BCUT2D eigenvalue weighted by Gasteiger charge is 2.31. The smallest absolute Gasteiger partial charge is 0.279 e. The molecule has 1 aliphatic carbocycles. The third-order valence-corrected chi connectivity index (χ3v) is 4.13. The molecule has 1 aliphatic heterocycles. The third-order valence-electron chi connectivity index (χ3n) is 4.13. The number of hydrogen-bond acceptors (Lipinski definition) is 5. The molecule has 20 heavy (non-hydrogen) atoms. The van der Waals surface area contributed by atoms with E-state index in [-0.39, 0.29) is 18.4 Å². The molecule has 0 aromatic heterocycles. The number of ether oxygens (including phenoxy) is 2. The minimum absolute atomic E-state index is 0.0649. The van der Waals surface area contributed by atoms with Crippen LogP contribution in [0.15, 0.2) is 12.1 Å². The molecule has 0 saturated heterocycles. The van der Waals surface area contributed by atoms with Crippen LogP contribution >= 0.6 is 0 Å². The fourth-order valence-electron chi connectivity index (χ4n) is 3.05. The Morgan fingerprint density at radius 3 is 2.50 bits per heavy atom. The van der Waals surface area contributed by atoms with Gasteiger partial charge in [-0.05, 0) is 24.8 Å². The monoisotopic (exact) mass is 279 g/mol. The number of nitrogens with zero attached hydrogens (tertiary/aromatic N) is 1. The van der Waals surface area contributed by atoms with Crippen molar-refractivity contribution >= 4 is 5.69 Å². The zero-order valence-electron chi connectivity index (χ0n) is 11.1. The Morgan fingerprint density at radius 1 is 1.20 bits per heavy atom. The highest BCUT2D eigenvalue weighted by Crippen LogP contribution is 2.44. The van der Waals surface area contributed by atoms with Crippen LogP contribution in [0.3, 0.4) is 0 Å². The van der Waals surface area contributed by atoms with Crippen molar-refractivity contribution in [2.45, 2.75) is 38.2 Å². The SMILES string of the molecule is O=[N+]([O-])c1cc2c(cc1C(O)C1CCCCC1)OCO2. The minimum Gasteiger partial charge on any atom is -0.454 e. The van der Waals surface area contributed by atoms with Crippen LogP contribution in [0, 0.1) is 16.0 Å². The first-order valence-electron chi connectivity index (χ1n) is 6.93. The molecule has 6 nitrogen and oxygen atoms in total. The molecule has 0 radical (unpaired) electrons. The van der Waals surface area contributed by atoms with Gasteiger partial charge in [-0.15, -0.1) is 0 Å². The van der Waals surface area contributed by atoms with Crippen molar-refractivity contribution in [3.8, 4) is 11.5 Å². The molecule has 108 valence electrons. The van der Waals surface area contributed by atoms with Crippen LogP contribution < -0.4 is 9.47 Å². The summed E-state index contributed by atoms with van der Waals surface area (Å²) >= 11 is 0. The summed E-state index contributed by atoms with van der Waals surface area (Å²) in [5.74, 6) is 0.930. The van der Waals surface area contributed by atoms with Crippen molar-refractivity contribution in [2.75, 3.05) is 6.79 Å². The van der Waals surface area contributed by atoms with Crippen LogP contribution in [-0.2, 0) is 0 Å². The summed E-state index contributed by atoms with van der Waals surface area (Å²) in [6.07, 6.45) is 4.32. The minimum atomic E-state index is -0.815. The first-order valence-corrected chi connectivity index (χ1v) is 6.93. The van der Waals surface area contributed by atoms with E-state index in [9.17, 15) is 15.2 Å². The second kappa shape index (κ2) is 5.28. The molecule has 0 spiro atoms. The van der Waals surface area contributed by atoms with E-state index in [0.29, 0.717) is 17.1 Å². The van der Waals surface area contributed by atoms with E-state index in [1.165, 1.54) is 12.5 Å². The predicted molar refractivity (Wildman–Crippen MR) is 70.8 cm³/mol. The lowest BCUT2D eigenvalue weighted by molar-refractivity contribution is -0.386. The van der Waals surface area contributed by atoms with Gasteiger partial charge in [0.05, 0.1) is 22.7 Å². The van der Waals surface area contributed by atoms with Crippen LogP contribution in [-0.4, -0.2) is 16.8 Å². The molecule has 2 aliphatic rings. The van der Waals surface area contributed by atoms with Crippen LogP contribution in [0.25, 0.3) is 0 Å². The molecule has 1 N–H and O–H groups in total. The molecule has 1 aromatic rings. The standard InChI is InChI=1S/C14H17NO5/c16-14(9-4-2-1-3-5-9)10-6-12-13(20-8-19-12)7-11(10)15(17)18/h6-7,9,14,16H,1-5,8H2. The molecular weight excluding hydrogens is 262 g/mol. The van der Waals surface area contributed by atoms with Gasteiger partial charge >= 0.3 is 0 Å². The highest BCUT2D eigenvalue weighted by atomic mass is 16.7. The molecule has 6 heteroatoms. The molecular formula is C14H17NO5. The van der Waals surface area contributed by atoms with Gasteiger partial charge in [-0.1, -0.05) is 19.3 Å². The first-order chi connectivity index (χ1) is 9.66. The number of aliphatic hydroxyl groups is 1. The van der Waals surface area contributed by atoms with E-state index in [1.807, 2.05) is 0 Å². The largest absolute Gasteiger partial charge is 0.454 e. The summed E-state index contributed by atoms with van der Waals surface area (Å²) in [4.78, 5) is 10.7. The van der Waals surface area contributed by atoms with Gasteiger partial charge in [0.1, 0.15) is 0 Å². The number of nitro benzene ring substituents is 1. The Hall–Kier alpha value is -1.82. The summed E-state index contributed by atoms with van der Waals surface area (Å²) in [6.45, 7) is 0.0649. The summed E-state index contributed by atoms with van der Waals surface area (Å²) in [5.41, 5.74) is 0.249. The number of fused-ring (bicyclic) bond motifs is 1. The summed E-state index contributed by atoms with van der Waals surface area (Å²) in [5, 5.41) is 21.7. The van der Waals surface area contributed by atoms with E-state index in [4.69, 9.17) is 9.47 Å². The maximum Gasteiger partial charge on any atom is 0.279 e. The fraction of sp³-hybridized carbons (Fsp3) is 0.571. The van der Waals surface area contributed by atoms with Crippen molar-refractivity contribution < 1.29 is 19.5 Å². The molecule has 0 amide bonds. The van der Waals surface area contributed by atoms with Crippen molar-refractivity contribution in [3.05, 3.63) is 27.8 Å². The molecule has 1 saturated carbocycles. The quantitative estimate of drug-likeness (QED) is 0.679. The molecule has 1 atom stereocenters. The number of rotatable bonds is 3. The van der Waals surface area contributed by atoms with Gasteiger partial charge in [0, 0.05) is 0 Å². The third kappa shape index (κ3) is 2.31. The number of hydrogen-bond donors (Lipinski definition) is 1. The van der Waals surface area contributed by atoms with Gasteiger partial charge in [0.2, 0.25) is 6.79 Å². The van der Waals surface area contributed by atoms with Gasteiger partial charge in [-0.3, -0.25) is 10.1 Å². The predicted octanol–water partition coefficient (Wildman–Crippen LogP) is 2.94. The molecule has 0 bridgehead atoms. The maximum atomic E-state index is 11.2. The van der Waals surface area contributed by atoms with Gasteiger partial charge in [-0.25, -0.2) is 0 Å². The van der Waals surface area contributed by atoms with E-state index >= 15 is 0 Å². The molecule has 1 aromatic carbocycles. The van der Waals surface area contributed by atoms with Crippen LogP contribution in [0.5, 0.6) is 11.5 Å². The van der Waals surface area contributed by atoms with Crippen molar-refractivity contribution in [2.24, 2.45) is 5.92 Å². The lowest BCUT2D eigenvalue weighted by Crippen LogP contribution is -2.17. The Morgan fingerprint density at radius 2 is 1.85 bits per heavy atom. The van der Waals surface area contributed by atoms with E-state index in [1.54, 1.807) is 6.07 Å². The lowest BCUT2D eigenvalue weighted by Gasteiger charge is -2.26.